The summed E-state index contributed by atoms with van der Waals surface area (Å²) in [5, 5.41) is 21.7. The molecule has 4 atom stereocenters. The summed E-state index contributed by atoms with van der Waals surface area (Å²) in [6.07, 6.45) is -1.04. The van der Waals surface area contributed by atoms with Gasteiger partial charge in [-0.2, -0.15) is 0 Å². The molecule has 0 aromatic rings. The zero-order chi connectivity index (χ0) is 19.6. The Hall–Kier alpha value is -1.67. The predicted octanol–water partition coefficient (Wildman–Crippen LogP) is 1.16. The summed E-state index contributed by atoms with van der Waals surface area (Å²) in [5.74, 6) is -1.36. The number of ketones is 1. The Balaban J connectivity index is 3.08. The molecule has 8 heteroatoms. The van der Waals surface area contributed by atoms with Gasteiger partial charge in [0.1, 0.15) is 17.2 Å². The zero-order valence-corrected chi connectivity index (χ0v) is 15.8. The van der Waals surface area contributed by atoms with E-state index in [1.807, 2.05) is 6.92 Å². The summed E-state index contributed by atoms with van der Waals surface area (Å²) in [4.78, 5) is 37.6. The molecule has 1 amide bonds. The van der Waals surface area contributed by atoms with E-state index in [2.05, 4.69) is 5.32 Å². The SMILES string of the molecule is CCC1(C(C)=O)CC(N[C@H](C(=O)O)[C@@H](C)O)CN1C(=O)OC(C)(C)C. The van der Waals surface area contributed by atoms with Crippen molar-refractivity contribution in [1.82, 2.24) is 10.2 Å². The minimum Gasteiger partial charge on any atom is -0.480 e. The van der Waals surface area contributed by atoms with Crippen molar-refractivity contribution in [3.8, 4) is 0 Å². The monoisotopic (exact) mass is 358 g/mol. The number of Topliss-reactive ketones (excluding diaryl/α,β-unsaturated/α-hetero) is 1. The molecule has 2 unspecified atom stereocenters. The number of aliphatic carboxylic acids is 1. The van der Waals surface area contributed by atoms with Gasteiger partial charge in [-0.3, -0.25) is 19.8 Å². The highest BCUT2D eigenvalue weighted by Crippen LogP contribution is 2.35. The number of amides is 1. The van der Waals surface area contributed by atoms with E-state index in [-0.39, 0.29) is 18.7 Å². The number of nitrogens with zero attached hydrogens (tertiary/aromatic N) is 1. The highest BCUT2D eigenvalue weighted by molar-refractivity contribution is 5.90. The molecule has 25 heavy (non-hydrogen) atoms. The van der Waals surface area contributed by atoms with Crippen molar-refractivity contribution in [3.63, 3.8) is 0 Å². The summed E-state index contributed by atoms with van der Waals surface area (Å²) < 4.78 is 5.42. The van der Waals surface area contributed by atoms with Crippen LogP contribution in [0.4, 0.5) is 4.79 Å². The van der Waals surface area contributed by atoms with E-state index >= 15 is 0 Å². The number of likely N-dealkylation sites (tertiary alicyclic amines) is 1. The first-order chi connectivity index (χ1) is 11.3. The number of carboxylic acid groups (broad SMARTS) is 1. The number of aliphatic hydroxyl groups is 1. The summed E-state index contributed by atoms with van der Waals surface area (Å²) in [6.45, 7) is 9.98. The van der Waals surface area contributed by atoms with Crippen LogP contribution in [0.5, 0.6) is 0 Å². The molecule has 1 aliphatic heterocycles. The number of carbonyl (C=O) groups is 3. The second-order valence-corrected chi connectivity index (χ2v) is 7.66. The maximum absolute atomic E-state index is 12.6. The van der Waals surface area contributed by atoms with Gasteiger partial charge in [0.2, 0.25) is 0 Å². The Bertz CT molecular complexity index is 528. The van der Waals surface area contributed by atoms with Crippen LogP contribution < -0.4 is 5.32 Å². The number of ether oxygens (including phenoxy) is 1. The van der Waals surface area contributed by atoms with E-state index in [4.69, 9.17) is 4.74 Å². The van der Waals surface area contributed by atoms with Crippen molar-refractivity contribution in [3.05, 3.63) is 0 Å². The largest absolute Gasteiger partial charge is 0.480 e. The third-order valence-electron chi connectivity index (χ3n) is 4.52. The molecular formula is C17H30N2O6. The molecule has 0 aromatic carbocycles. The number of carbonyl (C=O) groups excluding carboxylic acids is 2. The molecule has 0 radical (unpaired) electrons. The van der Waals surface area contributed by atoms with Crippen molar-refractivity contribution >= 4 is 17.8 Å². The quantitative estimate of drug-likeness (QED) is 0.652. The fraction of sp³-hybridized carbons (Fsp3) is 0.824. The molecule has 1 saturated heterocycles. The Morgan fingerprint density at radius 3 is 2.28 bits per heavy atom. The Labute approximate surface area is 148 Å². The van der Waals surface area contributed by atoms with Crippen molar-refractivity contribution in [2.75, 3.05) is 6.54 Å². The van der Waals surface area contributed by atoms with Gasteiger partial charge in [-0.05, 0) is 47.5 Å². The van der Waals surface area contributed by atoms with Crippen LogP contribution >= 0.6 is 0 Å². The molecule has 0 spiro atoms. The van der Waals surface area contributed by atoms with E-state index in [0.717, 1.165) is 0 Å². The van der Waals surface area contributed by atoms with Crippen LogP contribution in [0.25, 0.3) is 0 Å². The van der Waals surface area contributed by atoms with E-state index in [0.29, 0.717) is 6.42 Å². The highest BCUT2D eigenvalue weighted by atomic mass is 16.6. The number of aliphatic hydroxyl groups excluding tert-OH is 1. The molecule has 1 rings (SSSR count). The van der Waals surface area contributed by atoms with E-state index in [1.54, 1.807) is 20.8 Å². The van der Waals surface area contributed by atoms with Crippen LogP contribution in [0.2, 0.25) is 0 Å². The fourth-order valence-corrected chi connectivity index (χ4v) is 3.24. The summed E-state index contributed by atoms with van der Waals surface area (Å²) >= 11 is 0. The molecule has 1 heterocycles. The Morgan fingerprint density at radius 1 is 1.36 bits per heavy atom. The van der Waals surface area contributed by atoms with Crippen molar-refractivity contribution in [2.45, 2.75) is 83.7 Å². The molecule has 1 aliphatic rings. The van der Waals surface area contributed by atoms with Crippen LogP contribution in [0.3, 0.4) is 0 Å². The molecule has 0 saturated carbocycles. The van der Waals surface area contributed by atoms with Crippen LogP contribution in [-0.2, 0) is 14.3 Å². The van der Waals surface area contributed by atoms with Crippen molar-refractivity contribution in [1.29, 1.82) is 0 Å². The first-order valence-electron chi connectivity index (χ1n) is 8.52. The number of hydrogen-bond acceptors (Lipinski definition) is 6. The number of hydrogen-bond donors (Lipinski definition) is 3. The minimum atomic E-state index is -1.18. The molecule has 0 aliphatic carbocycles. The summed E-state index contributed by atoms with van der Waals surface area (Å²) in [7, 11) is 0. The topological polar surface area (TPSA) is 116 Å². The standard InChI is InChI=1S/C17H30N2O6/c1-7-17(11(3)21)8-12(18-13(10(2)20)14(22)23)9-19(17)15(24)25-16(4,5)6/h10,12-13,18,20H,7-9H2,1-6H3,(H,22,23)/t10-,12?,13+,17?/m1/s1. The van der Waals surface area contributed by atoms with Crippen LogP contribution in [-0.4, -0.2) is 68.8 Å². The maximum atomic E-state index is 12.6. The zero-order valence-electron chi connectivity index (χ0n) is 15.8. The lowest BCUT2D eigenvalue weighted by atomic mass is 9.87. The second-order valence-electron chi connectivity index (χ2n) is 7.66. The van der Waals surface area contributed by atoms with Gasteiger partial charge >= 0.3 is 12.1 Å². The van der Waals surface area contributed by atoms with E-state index in [1.165, 1.54) is 18.7 Å². The second kappa shape index (κ2) is 7.70. The summed E-state index contributed by atoms with van der Waals surface area (Å²) in [6, 6.07) is -1.61. The molecular weight excluding hydrogens is 328 g/mol. The Morgan fingerprint density at radius 2 is 1.92 bits per heavy atom. The third kappa shape index (κ3) is 4.92. The van der Waals surface area contributed by atoms with Gasteiger partial charge in [0.15, 0.2) is 5.78 Å². The van der Waals surface area contributed by atoms with Gasteiger partial charge in [-0.1, -0.05) is 6.92 Å². The average Bonchev–Trinajstić information content (AvgIpc) is 2.82. The van der Waals surface area contributed by atoms with Gasteiger partial charge in [0.05, 0.1) is 6.10 Å². The van der Waals surface area contributed by atoms with Gasteiger partial charge in [0, 0.05) is 12.6 Å². The van der Waals surface area contributed by atoms with Crippen LogP contribution in [0, 0.1) is 0 Å². The number of nitrogens with one attached hydrogen (secondary N) is 1. The molecule has 8 nitrogen and oxygen atoms in total. The average molecular weight is 358 g/mol. The van der Waals surface area contributed by atoms with Gasteiger partial charge in [0.25, 0.3) is 0 Å². The lowest BCUT2D eigenvalue weighted by Crippen LogP contribution is -2.53. The molecule has 1 fully saturated rings. The third-order valence-corrected chi connectivity index (χ3v) is 4.52. The van der Waals surface area contributed by atoms with Gasteiger partial charge < -0.3 is 14.9 Å². The first-order valence-corrected chi connectivity index (χ1v) is 8.52. The molecule has 0 aromatic heterocycles. The number of rotatable bonds is 6. The normalized spacial score (nSPS) is 26.2. The number of carboxylic acids is 1. The van der Waals surface area contributed by atoms with Crippen molar-refractivity contribution < 1.29 is 29.3 Å². The lowest BCUT2D eigenvalue weighted by Gasteiger charge is -2.36. The highest BCUT2D eigenvalue weighted by Gasteiger charge is 2.52. The van der Waals surface area contributed by atoms with E-state index < -0.39 is 41.4 Å². The van der Waals surface area contributed by atoms with Gasteiger partial charge in [-0.15, -0.1) is 0 Å². The first kappa shape index (κ1) is 21.4. The summed E-state index contributed by atoms with van der Waals surface area (Å²) in [5.41, 5.74) is -1.75. The smallest absolute Gasteiger partial charge is 0.411 e. The van der Waals surface area contributed by atoms with Crippen molar-refractivity contribution in [2.24, 2.45) is 0 Å². The van der Waals surface area contributed by atoms with Crippen LogP contribution in [0.15, 0.2) is 0 Å². The predicted molar refractivity (Wildman–Crippen MR) is 91.3 cm³/mol. The van der Waals surface area contributed by atoms with Gasteiger partial charge in [-0.25, -0.2) is 4.79 Å². The van der Waals surface area contributed by atoms with Crippen LogP contribution in [0.1, 0.15) is 54.4 Å². The maximum Gasteiger partial charge on any atom is 0.411 e. The minimum absolute atomic E-state index is 0.138. The molecule has 144 valence electrons. The molecule has 3 N–H and O–H groups in total. The lowest BCUT2D eigenvalue weighted by molar-refractivity contribution is -0.142. The Kier molecular flexibility index (Phi) is 6.58. The fourth-order valence-electron chi connectivity index (χ4n) is 3.24. The van der Waals surface area contributed by atoms with E-state index in [9.17, 15) is 24.6 Å². The molecule has 0 bridgehead atoms.